The van der Waals surface area contributed by atoms with Crippen LogP contribution in [0, 0.1) is 0 Å². The second kappa shape index (κ2) is 14.7. The van der Waals surface area contributed by atoms with E-state index in [4.69, 9.17) is 9.72 Å². The normalized spacial score (nSPS) is 21.5. The third kappa shape index (κ3) is 7.87. The first-order valence-corrected chi connectivity index (χ1v) is 15.8. The highest BCUT2D eigenvalue weighted by atomic mass is 16.5. The van der Waals surface area contributed by atoms with E-state index >= 15 is 0 Å². The fourth-order valence-electron chi connectivity index (χ4n) is 6.34. The minimum atomic E-state index is 0.135. The van der Waals surface area contributed by atoms with Crippen molar-refractivity contribution in [2.24, 2.45) is 0 Å². The zero-order valence-corrected chi connectivity index (χ0v) is 24.4. The molecule has 0 bridgehead atoms. The number of piperidine rings is 1. The highest BCUT2D eigenvalue weighted by molar-refractivity contribution is 5.94. The number of hydrogen-bond acceptors (Lipinski definition) is 7. The monoisotopic (exact) mass is 548 g/mol. The fourth-order valence-corrected chi connectivity index (χ4v) is 6.34. The molecular weight excluding hydrogens is 500 g/mol. The lowest BCUT2D eigenvalue weighted by Gasteiger charge is -2.39. The molecule has 0 radical (unpaired) electrons. The van der Waals surface area contributed by atoms with E-state index < -0.39 is 0 Å². The maximum atomic E-state index is 13.2. The van der Waals surface area contributed by atoms with E-state index in [0.717, 1.165) is 101 Å². The number of anilines is 2. The van der Waals surface area contributed by atoms with Crippen LogP contribution >= 0.6 is 0 Å². The molecule has 8 nitrogen and oxygen atoms in total. The Balaban J connectivity index is 1.12. The number of nitrogens with zero attached hydrogens (tertiary/aromatic N) is 5. The van der Waals surface area contributed by atoms with E-state index in [1.807, 2.05) is 35.4 Å². The second-order valence-electron chi connectivity index (χ2n) is 11.7. The average molecular weight is 549 g/mol. The van der Waals surface area contributed by atoms with Crippen LogP contribution in [0.2, 0.25) is 0 Å². The molecule has 2 aromatic rings. The van der Waals surface area contributed by atoms with Crippen LogP contribution < -0.4 is 15.0 Å². The molecule has 1 aromatic heterocycles. The lowest BCUT2D eigenvalue weighted by Crippen LogP contribution is -2.49. The Morgan fingerprint density at radius 1 is 0.925 bits per heavy atom. The summed E-state index contributed by atoms with van der Waals surface area (Å²) < 4.78 is 5.76. The van der Waals surface area contributed by atoms with Gasteiger partial charge in [0, 0.05) is 56.6 Å². The number of nitrogens with one attached hydrogen (secondary N) is 1. The molecular formula is C32H48N6O2. The molecule has 3 fully saturated rings. The first-order valence-electron chi connectivity index (χ1n) is 15.8. The van der Waals surface area contributed by atoms with Gasteiger partial charge in [0.05, 0.1) is 6.61 Å². The van der Waals surface area contributed by atoms with Crippen LogP contribution in [0.4, 0.5) is 11.8 Å². The largest absolute Gasteiger partial charge is 0.494 e. The van der Waals surface area contributed by atoms with E-state index in [9.17, 15) is 4.79 Å². The Morgan fingerprint density at radius 2 is 1.68 bits per heavy atom. The molecule has 8 heteroatoms. The molecule has 1 unspecified atom stereocenters. The number of unbranched alkanes of at least 4 members (excludes halogenated alkanes) is 1. The predicted octanol–water partition coefficient (Wildman–Crippen LogP) is 5.61. The second-order valence-corrected chi connectivity index (χ2v) is 11.7. The number of aromatic nitrogens is 2. The van der Waals surface area contributed by atoms with Gasteiger partial charge in [0.15, 0.2) is 0 Å². The first-order chi connectivity index (χ1) is 19.7. The lowest BCUT2D eigenvalue weighted by atomic mass is 10.0. The third-order valence-electron chi connectivity index (χ3n) is 8.74. The number of carbonyl (C=O) groups excluding carboxylic acids is 1. The summed E-state index contributed by atoms with van der Waals surface area (Å²) in [5, 5.41) is 3.69. The molecule has 40 heavy (non-hydrogen) atoms. The molecule has 0 aliphatic carbocycles. The summed E-state index contributed by atoms with van der Waals surface area (Å²) in [7, 11) is 0. The van der Waals surface area contributed by atoms with Gasteiger partial charge in [-0.2, -0.15) is 4.98 Å². The van der Waals surface area contributed by atoms with E-state index in [-0.39, 0.29) is 5.91 Å². The van der Waals surface area contributed by atoms with Crippen LogP contribution in [-0.2, 0) is 0 Å². The van der Waals surface area contributed by atoms with Crippen molar-refractivity contribution in [3.05, 3.63) is 42.1 Å². The van der Waals surface area contributed by atoms with Gasteiger partial charge in [-0.1, -0.05) is 32.6 Å². The summed E-state index contributed by atoms with van der Waals surface area (Å²) in [5.74, 6) is 2.79. The summed E-state index contributed by atoms with van der Waals surface area (Å²) in [6, 6.07) is 10.6. The van der Waals surface area contributed by atoms with Crippen molar-refractivity contribution in [1.82, 2.24) is 19.8 Å². The van der Waals surface area contributed by atoms with Gasteiger partial charge in [-0.05, 0) is 81.8 Å². The molecule has 0 spiro atoms. The van der Waals surface area contributed by atoms with E-state index in [2.05, 4.69) is 33.1 Å². The van der Waals surface area contributed by atoms with Crippen LogP contribution in [0.15, 0.2) is 36.5 Å². The van der Waals surface area contributed by atoms with Gasteiger partial charge in [-0.15, -0.1) is 0 Å². The smallest absolute Gasteiger partial charge is 0.253 e. The summed E-state index contributed by atoms with van der Waals surface area (Å²) >= 11 is 0. The minimum Gasteiger partial charge on any atom is -0.494 e. The van der Waals surface area contributed by atoms with Gasteiger partial charge in [-0.25, -0.2) is 4.98 Å². The zero-order valence-electron chi connectivity index (χ0n) is 24.4. The van der Waals surface area contributed by atoms with Crippen LogP contribution in [-0.4, -0.2) is 83.6 Å². The van der Waals surface area contributed by atoms with Gasteiger partial charge < -0.3 is 19.9 Å². The van der Waals surface area contributed by atoms with Crippen LogP contribution in [0.3, 0.4) is 0 Å². The van der Waals surface area contributed by atoms with Crippen molar-refractivity contribution in [3.63, 3.8) is 0 Å². The van der Waals surface area contributed by atoms with Gasteiger partial charge in [0.2, 0.25) is 5.95 Å². The maximum Gasteiger partial charge on any atom is 0.253 e. The van der Waals surface area contributed by atoms with Crippen molar-refractivity contribution in [1.29, 1.82) is 0 Å². The summed E-state index contributed by atoms with van der Waals surface area (Å²) in [4.78, 5) is 29.8. The Morgan fingerprint density at radius 3 is 2.42 bits per heavy atom. The van der Waals surface area contributed by atoms with Crippen LogP contribution in [0.25, 0.3) is 0 Å². The van der Waals surface area contributed by atoms with Crippen LogP contribution in [0.5, 0.6) is 5.75 Å². The molecule has 5 rings (SSSR count). The molecule has 218 valence electrons. The standard InChI is InChI=1S/C32H48N6O2/c1-2-3-24-40-29-13-11-26(12-14-29)31(39)37-22-16-28(17-23-37)38-21-9-6-10-27(25-38)34-32-33-18-15-30(35-32)36-19-7-4-5-8-20-36/h11-15,18,27-28H,2-10,16-17,19-25H2,1H3,(H,33,34,35). The number of likely N-dealkylation sites (tertiary alicyclic amines) is 2. The number of rotatable bonds is 9. The molecule has 1 N–H and O–H groups in total. The van der Waals surface area contributed by atoms with Crippen molar-refractivity contribution >= 4 is 17.7 Å². The van der Waals surface area contributed by atoms with E-state index in [0.29, 0.717) is 12.1 Å². The number of benzene rings is 1. The maximum absolute atomic E-state index is 13.2. The Hall–Kier alpha value is -2.87. The Kier molecular flexibility index (Phi) is 10.5. The molecule has 1 aromatic carbocycles. The van der Waals surface area contributed by atoms with Gasteiger partial charge in [0.1, 0.15) is 11.6 Å². The molecule has 1 atom stereocenters. The molecule has 3 aliphatic rings. The average Bonchev–Trinajstić information content (AvgIpc) is 3.41. The van der Waals surface area contributed by atoms with Gasteiger partial charge in [0.25, 0.3) is 5.91 Å². The van der Waals surface area contributed by atoms with Crippen molar-refractivity contribution in [2.45, 2.75) is 89.6 Å². The number of carbonyl (C=O) groups is 1. The number of amides is 1. The Labute approximate surface area is 240 Å². The number of ether oxygens (including phenoxy) is 1. The molecule has 0 saturated carbocycles. The minimum absolute atomic E-state index is 0.135. The highest BCUT2D eigenvalue weighted by Gasteiger charge is 2.30. The van der Waals surface area contributed by atoms with E-state index in [1.165, 1.54) is 38.5 Å². The van der Waals surface area contributed by atoms with E-state index in [1.54, 1.807) is 0 Å². The third-order valence-corrected chi connectivity index (χ3v) is 8.74. The van der Waals surface area contributed by atoms with Crippen LogP contribution in [0.1, 0.15) is 87.9 Å². The zero-order chi connectivity index (χ0) is 27.6. The quantitative estimate of drug-likeness (QED) is 0.409. The summed E-state index contributed by atoms with van der Waals surface area (Å²) in [5.41, 5.74) is 0.753. The summed E-state index contributed by atoms with van der Waals surface area (Å²) in [6.07, 6.45) is 14.8. The molecule has 1 amide bonds. The van der Waals surface area contributed by atoms with Gasteiger partial charge >= 0.3 is 0 Å². The van der Waals surface area contributed by atoms with Gasteiger partial charge in [-0.3, -0.25) is 9.69 Å². The SMILES string of the molecule is CCCCOc1ccc(C(=O)N2CCC(N3CCCCC(Nc4nccc(N5CCCCCC5)n4)C3)CC2)cc1. The van der Waals surface area contributed by atoms with Crippen molar-refractivity contribution in [3.8, 4) is 5.75 Å². The molecule has 3 saturated heterocycles. The molecule has 3 aliphatic heterocycles. The predicted molar refractivity (Wildman–Crippen MR) is 161 cm³/mol. The van der Waals surface area contributed by atoms with Crippen molar-refractivity contribution in [2.75, 3.05) is 56.1 Å². The first kappa shape index (κ1) is 28.7. The molecule has 4 heterocycles. The Bertz CT molecular complexity index is 1050. The topological polar surface area (TPSA) is 73.8 Å². The summed E-state index contributed by atoms with van der Waals surface area (Å²) in [6.45, 7) is 8.83. The van der Waals surface area contributed by atoms with Crippen molar-refractivity contribution < 1.29 is 9.53 Å². The lowest BCUT2D eigenvalue weighted by molar-refractivity contribution is 0.0619. The number of hydrogen-bond donors (Lipinski definition) is 1. The highest BCUT2D eigenvalue weighted by Crippen LogP contribution is 2.24. The fraction of sp³-hybridized carbons (Fsp3) is 0.656.